The molecule has 6 nitrogen and oxygen atoms in total. The molecule has 1 heterocycles. The highest BCUT2D eigenvalue weighted by Gasteiger charge is 2.24. The third kappa shape index (κ3) is 4.97. The van der Waals surface area contributed by atoms with Crippen molar-refractivity contribution in [3.63, 3.8) is 0 Å². The van der Waals surface area contributed by atoms with E-state index in [1.807, 2.05) is 42.7 Å². The number of anilines is 1. The highest BCUT2D eigenvalue weighted by molar-refractivity contribution is 5.91. The van der Waals surface area contributed by atoms with Crippen molar-refractivity contribution >= 4 is 17.6 Å². The van der Waals surface area contributed by atoms with E-state index in [-0.39, 0.29) is 11.9 Å². The molecular formula is C20H32N4O2. The van der Waals surface area contributed by atoms with E-state index >= 15 is 0 Å². The van der Waals surface area contributed by atoms with Gasteiger partial charge < -0.3 is 15.1 Å². The van der Waals surface area contributed by atoms with Crippen molar-refractivity contribution in [2.24, 2.45) is 0 Å². The molecule has 2 rings (SSSR count). The topological polar surface area (TPSA) is 55.9 Å². The van der Waals surface area contributed by atoms with E-state index in [1.54, 1.807) is 0 Å². The number of urea groups is 1. The van der Waals surface area contributed by atoms with Crippen LogP contribution in [0.25, 0.3) is 0 Å². The summed E-state index contributed by atoms with van der Waals surface area (Å²) in [6.45, 7) is 12.8. The largest absolute Gasteiger partial charge is 0.342 e. The van der Waals surface area contributed by atoms with Gasteiger partial charge in [0.05, 0.1) is 6.54 Å². The van der Waals surface area contributed by atoms with Crippen LogP contribution in [0.1, 0.15) is 31.9 Å². The Morgan fingerprint density at radius 3 is 2.31 bits per heavy atom. The number of nitrogens with one attached hydrogen (secondary N) is 1. The number of likely N-dealkylation sites (N-methyl/N-ethyl adjacent to an activating group) is 1. The zero-order valence-corrected chi connectivity index (χ0v) is 16.5. The minimum atomic E-state index is -0.0521. The predicted octanol–water partition coefficient (Wildman–Crippen LogP) is 2.58. The fourth-order valence-electron chi connectivity index (χ4n) is 3.36. The molecule has 1 saturated heterocycles. The van der Waals surface area contributed by atoms with Crippen molar-refractivity contribution < 1.29 is 9.59 Å². The Bertz CT molecular complexity index is 620. The molecule has 0 bridgehead atoms. The first-order chi connectivity index (χ1) is 12.5. The van der Waals surface area contributed by atoms with E-state index < -0.39 is 0 Å². The molecule has 0 atom stereocenters. The Morgan fingerprint density at radius 2 is 1.73 bits per heavy atom. The quantitative estimate of drug-likeness (QED) is 0.848. The first-order valence-electron chi connectivity index (χ1n) is 9.64. The summed E-state index contributed by atoms with van der Waals surface area (Å²) in [5.74, 6) is 0.167. The molecule has 0 radical (unpaired) electrons. The lowest BCUT2D eigenvalue weighted by Crippen LogP contribution is -2.52. The van der Waals surface area contributed by atoms with E-state index in [1.165, 1.54) is 0 Å². The monoisotopic (exact) mass is 360 g/mol. The number of aryl methyl sites for hydroxylation is 2. The molecule has 0 unspecified atom stereocenters. The van der Waals surface area contributed by atoms with Gasteiger partial charge in [0, 0.05) is 45.0 Å². The van der Waals surface area contributed by atoms with Gasteiger partial charge in [-0.05, 0) is 38.3 Å². The van der Waals surface area contributed by atoms with Crippen molar-refractivity contribution in [3.8, 4) is 0 Å². The number of hydrogen-bond acceptors (Lipinski definition) is 3. The molecule has 0 aromatic heterocycles. The van der Waals surface area contributed by atoms with Crippen LogP contribution in [0.3, 0.4) is 0 Å². The molecule has 0 aliphatic carbocycles. The zero-order chi connectivity index (χ0) is 19.1. The van der Waals surface area contributed by atoms with Gasteiger partial charge in [0.15, 0.2) is 0 Å². The fourth-order valence-corrected chi connectivity index (χ4v) is 3.36. The molecule has 26 heavy (non-hydrogen) atoms. The van der Waals surface area contributed by atoms with E-state index in [2.05, 4.69) is 23.2 Å². The molecule has 0 spiro atoms. The molecule has 3 amide bonds. The van der Waals surface area contributed by atoms with Gasteiger partial charge >= 0.3 is 6.03 Å². The summed E-state index contributed by atoms with van der Waals surface area (Å²) in [6.07, 6.45) is 0.887. The van der Waals surface area contributed by atoms with Crippen LogP contribution in [0.4, 0.5) is 10.5 Å². The summed E-state index contributed by atoms with van der Waals surface area (Å²) in [7, 11) is 0. The Hall–Kier alpha value is -2.08. The Morgan fingerprint density at radius 1 is 1.08 bits per heavy atom. The molecule has 6 heteroatoms. The Kier molecular flexibility index (Phi) is 7.45. The van der Waals surface area contributed by atoms with Gasteiger partial charge in [0.2, 0.25) is 5.91 Å². The van der Waals surface area contributed by atoms with Gasteiger partial charge in [0.25, 0.3) is 0 Å². The third-order valence-electron chi connectivity index (χ3n) is 5.11. The third-order valence-corrected chi connectivity index (χ3v) is 5.11. The number of rotatable bonds is 6. The predicted molar refractivity (Wildman–Crippen MR) is 106 cm³/mol. The number of benzene rings is 1. The average Bonchev–Trinajstić information content (AvgIpc) is 2.64. The maximum absolute atomic E-state index is 12.6. The normalized spacial score (nSPS) is 15.0. The highest BCUT2D eigenvalue weighted by atomic mass is 16.2. The van der Waals surface area contributed by atoms with Gasteiger partial charge in [-0.3, -0.25) is 9.69 Å². The number of piperazine rings is 1. The standard InChI is InChI=1S/C20H32N4O2/c1-5-17-10-8-9-16(4)19(17)21-20(26)24-13-11-22(12-14-24)15-18(25)23(6-2)7-3/h8-10H,5-7,11-15H2,1-4H3,(H,21,26). The summed E-state index contributed by atoms with van der Waals surface area (Å²) < 4.78 is 0. The average molecular weight is 361 g/mol. The smallest absolute Gasteiger partial charge is 0.321 e. The molecular weight excluding hydrogens is 328 g/mol. The van der Waals surface area contributed by atoms with E-state index in [0.717, 1.165) is 49.4 Å². The van der Waals surface area contributed by atoms with Gasteiger partial charge in [-0.1, -0.05) is 25.1 Å². The number of para-hydroxylation sites is 1. The fraction of sp³-hybridized carbons (Fsp3) is 0.600. The lowest BCUT2D eigenvalue weighted by molar-refractivity contribution is -0.132. The lowest BCUT2D eigenvalue weighted by Gasteiger charge is -2.35. The SMILES string of the molecule is CCc1cccc(C)c1NC(=O)N1CCN(CC(=O)N(CC)CC)CC1. The molecule has 1 aliphatic rings. The minimum Gasteiger partial charge on any atom is -0.342 e. The number of nitrogens with zero attached hydrogens (tertiary/aromatic N) is 3. The van der Waals surface area contributed by atoms with Crippen molar-refractivity contribution in [1.82, 2.24) is 14.7 Å². The van der Waals surface area contributed by atoms with Gasteiger partial charge in [-0.15, -0.1) is 0 Å². The van der Waals surface area contributed by atoms with E-state index in [9.17, 15) is 9.59 Å². The summed E-state index contributed by atoms with van der Waals surface area (Å²) in [5, 5.41) is 3.08. The van der Waals surface area contributed by atoms with Crippen LogP contribution in [-0.4, -0.2) is 72.5 Å². The first kappa shape index (κ1) is 20.2. The van der Waals surface area contributed by atoms with Crippen molar-refractivity contribution in [1.29, 1.82) is 0 Å². The maximum Gasteiger partial charge on any atom is 0.321 e. The summed E-state index contributed by atoms with van der Waals surface area (Å²) in [4.78, 5) is 30.7. The molecule has 1 aromatic rings. The highest BCUT2D eigenvalue weighted by Crippen LogP contribution is 2.21. The van der Waals surface area contributed by atoms with Crippen molar-refractivity contribution in [3.05, 3.63) is 29.3 Å². The van der Waals surface area contributed by atoms with Crippen LogP contribution >= 0.6 is 0 Å². The lowest BCUT2D eigenvalue weighted by atomic mass is 10.1. The molecule has 144 valence electrons. The van der Waals surface area contributed by atoms with Crippen LogP contribution in [0.15, 0.2) is 18.2 Å². The zero-order valence-electron chi connectivity index (χ0n) is 16.5. The molecule has 1 N–H and O–H groups in total. The summed E-state index contributed by atoms with van der Waals surface area (Å²) in [5.41, 5.74) is 3.17. The van der Waals surface area contributed by atoms with Crippen LogP contribution in [0.5, 0.6) is 0 Å². The van der Waals surface area contributed by atoms with Crippen molar-refractivity contribution in [2.45, 2.75) is 34.1 Å². The summed E-state index contributed by atoms with van der Waals surface area (Å²) >= 11 is 0. The second kappa shape index (κ2) is 9.57. The van der Waals surface area contributed by atoms with Crippen LogP contribution < -0.4 is 5.32 Å². The van der Waals surface area contributed by atoms with Gasteiger partial charge in [-0.25, -0.2) is 4.79 Å². The van der Waals surface area contributed by atoms with E-state index in [4.69, 9.17) is 0 Å². The molecule has 0 saturated carbocycles. The molecule has 1 aromatic carbocycles. The van der Waals surface area contributed by atoms with Gasteiger partial charge in [0.1, 0.15) is 0 Å². The van der Waals surface area contributed by atoms with Gasteiger partial charge in [-0.2, -0.15) is 0 Å². The Labute approximate surface area is 157 Å². The second-order valence-corrected chi connectivity index (χ2v) is 6.72. The Balaban J connectivity index is 1.88. The number of hydrogen-bond donors (Lipinski definition) is 1. The first-order valence-corrected chi connectivity index (χ1v) is 9.64. The molecule has 1 fully saturated rings. The van der Waals surface area contributed by atoms with E-state index in [0.29, 0.717) is 19.6 Å². The van der Waals surface area contributed by atoms with Crippen LogP contribution in [0, 0.1) is 6.92 Å². The number of carbonyl (C=O) groups excluding carboxylic acids is 2. The summed E-state index contributed by atoms with van der Waals surface area (Å²) in [6, 6.07) is 6.05. The number of carbonyl (C=O) groups is 2. The minimum absolute atomic E-state index is 0.0521. The number of amides is 3. The second-order valence-electron chi connectivity index (χ2n) is 6.72. The van der Waals surface area contributed by atoms with Crippen LogP contribution in [-0.2, 0) is 11.2 Å². The van der Waals surface area contributed by atoms with Crippen LogP contribution in [0.2, 0.25) is 0 Å². The molecule has 1 aliphatic heterocycles. The maximum atomic E-state index is 12.6. The van der Waals surface area contributed by atoms with Crippen molar-refractivity contribution in [2.75, 3.05) is 51.1 Å².